The first-order chi connectivity index (χ1) is 7.38. The van der Waals surface area contributed by atoms with E-state index in [9.17, 15) is 0 Å². The second kappa shape index (κ2) is 5.31. The average Bonchev–Trinajstić information content (AvgIpc) is 2.87. The Kier molecular flexibility index (Phi) is 3.78. The van der Waals surface area contributed by atoms with Crippen LogP contribution in [0.1, 0.15) is 32.6 Å². The summed E-state index contributed by atoms with van der Waals surface area (Å²) in [6, 6.07) is 0.692. The van der Waals surface area contributed by atoms with E-state index < -0.39 is 0 Å². The Balaban J connectivity index is 1.83. The summed E-state index contributed by atoms with van der Waals surface area (Å²) in [4.78, 5) is 0. The van der Waals surface area contributed by atoms with Crippen LogP contribution in [0, 0.1) is 0 Å². The molecule has 1 atom stereocenters. The SMILES string of the molecule is CCCCn1cc[n+](CC2CCCN2)c1. The number of aryl methyl sites for hydroxylation is 1. The predicted octanol–water partition coefficient (Wildman–Crippen LogP) is 1.33. The predicted molar refractivity (Wildman–Crippen MR) is 60.6 cm³/mol. The van der Waals surface area contributed by atoms with Gasteiger partial charge in [0.05, 0.1) is 6.54 Å². The van der Waals surface area contributed by atoms with Crippen LogP contribution in [0.25, 0.3) is 0 Å². The Bertz CT molecular complexity index is 287. The van der Waals surface area contributed by atoms with E-state index in [-0.39, 0.29) is 0 Å². The molecule has 0 spiro atoms. The zero-order valence-corrected chi connectivity index (χ0v) is 9.65. The van der Waals surface area contributed by atoms with E-state index in [4.69, 9.17) is 0 Å². The van der Waals surface area contributed by atoms with Gasteiger partial charge < -0.3 is 5.32 Å². The smallest absolute Gasteiger partial charge is 0.243 e. The van der Waals surface area contributed by atoms with Gasteiger partial charge in [0.1, 0.15) is 18.9 Å². The molecule has 1 aromatic rings. The molecule has 0 aliphatic carbocycles. The van der Waals surface area contributed by atoms with Crippen molar-refractivity contribution in [2.75, 3.05) is 6.54 Å². The van der Waals surface area contributed by atoms with Crippen LogP contribution in [0.4, 0.5) is 0 Å². The highest BCUT2D eigenvalue weighted by atomic mass is 15.1. The van der Waals surface area contributed by atoms with Crippen LogP contribution in [0.5, 0.6) is 0 Å². The van der Waals surface area contributed by atoms with Crippen LogP contribution in [-0.4, -0.2) is 17.2 Å². The molecular weight excluding hydrogens is 186 g/mol. The zero-order valence-electron chi connectivity index (χ0n) is 9.65. The molecule has 0 saturated carbocycles. The Hall–Kier alpha value is -0.830. The molecule has 1 saturated heterocycles. The molecule has 1 aliphatic rings. The Labute approximate surface area is 92.1 Å². The van der Waals surface area contributed by atoms with Gasteiger partial charge in [0.15, 0.2) is 0 Å². The molecule has 0 radical (unpaired) electrons. The molecule has 0 amide bonds. The molecular formula is C12H22N3+. The lowest BCUT2D eigenvalue weighted by Gasteiger charge is -2.05. The van der Waals surface area contributed by atoms with Gasteiger partial charge in [0.25, 0.3) is 0 Å². The van der Waals surface area contributed by atoms with Gasteiger partial charge >= 0.3 is 0 Å². The first kappa shape index (κ1) is 10.7. The molecule has 1 unspecified atom stereocenters. The van der Waals surface area contributed by atoms with Crippen LogP contribution in [0.15, 0.2) is 18.7 Å². The van der Waals surface area contributed by atoms with Gasteiger partial charge in [0, 0.05) is 6.04 Å². The third kappa shape index (κ3) is 3.06. The van der Waals surface area contributed by atoms with Gasteiger partial charge in [-0.2, -0.15) is 0 Å². The van der Waals surface area contributed by atoms with Crippen molar-refractivity contribution < 1.29 is 4.57 Å². The van der Waals surface area contributed by atoms with E-state index in [1.54, 1.807) is 0 Å². The van der Waals surface area contributed by atoms with Crippen LogP contribution in [0.2, 0.25) is 0 Å². The van der Waals surface area contributed by atoms with E-state index in [1.807, 2.05) is 0 Å². The second-order valence-corrected chi connectivity index (χ2v) is 4.50. The highest BCUT2D eigenvalue weighted by molar-refractivity contribution is 4.72. The molecule has 2 heterocycles. The molecule has 3 heteroatoms. The summed E-state index contributed by atoms with van der Waals surface area (Å²) in [6.45, 7) is 5.71. The fourth-order valence-electron chi connectivity index (χ4n) is 2.19. The van der Waals surface area contributed by atoms with Gasteiger partial charge in [-0.05, 0) is 25.8 Å². The Morgan fingerprint density at radius 1 is 1.53 bits per heavy atom. The lowest BCUT2D eigenvalue weighted by atomic mass is 10.2. The number of unbranched alkanes of at least 4 members (excludes halogenated alkanes) is 1. The van der Waals surface area contributed by atoms with Crippen LogP contribution < -0.4 is 9.88 Å². The molecule has 0 bridgehead atoms. The molecule has 1 aliphatic heterocycles. The van der Waals surface area contributed by atoms with Crippen molar-refractivity contribution in [3.05, 3.63) is 18.7 Å². The van der Waals surface area contributed by atoms with E-state index in [0.717, 1.165) is 13.1 Å². The monoisotopic (exact) mass is 208 g/mol. The largest absolute Gasteiger partial charge is 0.310 e. The number of imidazole rings is 1. The van der Waals surface area contributed by atoms with Crippen LogP contribution in [-0.2, 0) is 13.1 Å². The molecule has 2 rings (SSSR count). The highest BCUT2D eigenvalue weighted by Crippen LogP contribution is 2.04. The summed E-state index contributed by atoms with van der Waals surface area (Å²) in [7, 11) is 0. The van der Waals surface area contributed by atoms with Crippen LogP contribution in [0.3, 0.4) is 0 Å². The molecule has 1 N–H and O–H groups in total. The highest BCUT2D eigenvalue weighted by Gasteiger charge is 2.16. The minimum absolute atomic E-state index is 0.692. The summed E-state index contributed by atoms with van der Waals surface area (Å²) in [5.74, 6) is 0. The number of nitrogens with zero attached hydrogens (tertiary/aromatic N) is 2. The lowest BCUT2D eigenvalue weighted by Crippen LogP contribution is -2.41. The lowest BCUT2D eigenvalue weighted by molar-refractivity contribution is -0.698. The molecule has 15 heavy (non-hydrogen) atoms. The summed E-state index contributed by atoms with van der Waals surface area (Å²) in [5, 5.41) is 3.53. The number of aromatic nitrogens is 2. The van der Waals surface area contributed by atoms with Gasteiger partial charge in [-0.1, -0.05) is 13.3 Å². The maximum Gasteiger partial charge on any atom is 0.243 e. The number of nitrogens with one attached hydrogen (secondary N) is 1. The van der Waals surface area contributed by atoms with Crippen molar-refractivity contribution in [1.29, 1.82) is 0 Å². The summed E-state index contributed by atoms with van der Waals surface area (Å²) < 4.78 is 4.59. The average molecular weight is 208 g/mol. The third-order valence-electron chi connectivity index (χ3n) is 3.11. The second-order valence-electron chi connectivity index (χ2n) is 4.50. The third-order valence-corrected chi connectivity index (χ3v) is 3.11. The van der Waals surface area contributed by atoms with Crippen LogP contribution >= 0.6 is 0 Å². The first-order valence-electron chi connectivity index (χ1n) is 6.16. The molecule has 1 fully saturated rings. The van der Waals surface area contributed by atoms with Crippen molar-refractivity contribution in [2.45, 2.75) is 51.7 Å². The molecule has 0 aromatic carbocycles. The Morgan fingerprint density at radius 3 is 3.20 bits per heavy atom. The fraction of sp³-hybridized carbons (Fsp3) is 0.750. The summed E-state index contributed by atoms with van der Waals surface area (Å²) >= 11 is 0. The van der Waals surface area contributed by atoms with Gasteiger partial charge in [-0.25, -0.2) is 9.13 Å². The van der Waals surface area contributed by atoms with E-state index in [0.29, 0.717) is 6.04 Å². The maximum atomic E-state index is 3.53. The summed E-state index contributed by atoms with van der Waals surface area (Å²) in [6.07, 6.45) is 11.8. The Morgan fingerprint density at radius 2 is 2.47 bits per heavy atom. The van der Waals surface area contributed by atoms with Gasteiger partial charge in [-0.15, -0.1) is 0 Å². The minimum Gasteiger partial charge on any atom is -0.310 e. The van der Waals surface area contributed by atoms with E-state index in [1.165, 1.54) is 32.2 Å². The number of hydrogen-bond donors (Lipinski definition) is 1. The quantitative estimate of drug-likeness (QED) is 0.724. The number of hydrogen-bond acceptors (Lipinski definition) is 1. The minimum atomic E-state index is 0.692. The number of rotatable bonds is 5. The van der Waals surface area contributed by atoms with Crippen molar-refractivity contribution in [3.63, 3.8) is 0 Å². The normalized spacial score (nSPS) is 21.0. The van der Waals surface area contributed by atoms with Crippen molar-refractivity contribution in [3.8, 4) is 0 Å². The topological polar surface area (TPSA) is 20.8 Å². The van der Waals surface area contributed by atoms with E-state index in [2.05, 4.69) is 40.1 Å². The molecule has 84 valence electrons. The standard InChI is InChI=1S/C12H22N3/c1-2-3-7-14-8-9-15(11-14)10-12-5-4-6-13-12/h8-9,11-13H,2-7,10H2,1H3/q+1. The van der Waals surface area contributed by atoms with Gasteiger partial charge in [0.2, 0.25) is 6.33 Å². The maximum absolute atomic E-state index is 3.53. The van der Waals surface area contributed by atoms with E-state index >= 15 is 0 Å². The fourth-order valence-corrected chi connectivity index (χ4v) is 2.19. The van der Waals surface area contributed by atoms with Gasteiger partial charge in [-0.3, -0.25) is 0 Å². The summed E-state index contributed by atoms with van der Waals surface area (Å²) in [5.41, 5.74) is 0. The van der Waals surface area contributed by atoms with Crippen molar-refractivity contribution in [1.82, 2.24) is 9.88 Å². The molecule has 3 nitrogen and oxygen atoms in total. The first-order valence-corrected chi connectivity index (χ1v) is 6.16. The van der Waals surface area contributed by atoms with Crippen molar-refractivity contribution in [2.24, 2.45) is 0 Å². The molecule has 1 aromatic heterocycles. The van der Waals surface area contributed by atoms with Crippen molar-refractivity contribution >= 4 is 0 Å². The zero-order chi connectivity index (χ0) is 10.5.